The molecule has 0 aromatic heterocycles. The van der Waals surface area contributed by atoms with Crippen LogP contribution >= 0.6 is 5.80 Å². The third-order valence-corrected chi connectivity index (χ3v) is 0. The molecule has 28 valence electrons. The fraction of sp³-hybridized carbons (Fsp3) is 0. The predicted molar refractivity (Wildman–Crippen MR) is 18.0 cm³/mol. The molecule has 0 N–H and O–H groups in total. The summed E-state index contributed by atoms with van der Waals surface area (Å²) >= 11 is -1.69. The fourth-order valence-corrected chi connectivity index (χ4v) is 0. The molecule has 0 rings (SSSR count). The maximum absolute atomic E-state index is 8.89. The zero-order valence-electron chi connectivity index (χ0n) is 3.08. The minimum atomic E-state index is -1.69. The van der Waals surface area contributed by atoms with E-state index in [4.69, 9.17) is 1.05 Å². The normalized spacial score (nSPS) is 2.83. The van der Waals surface area contributed by atoms with E-state index in [0.717, 1.165) is 0 Å². The summed E-state index contributed by atoms with van der Waals surface area (Å²) in [4.78, 5) is 0. The molecule has 0 bridgehead atoms. The van der Waals surface area contributed by atoms with Crippen molar-refractivity contribution in [3.8, 4) is 0 Å². The summed E-state index contributed by atoms with van der Waals surface area (Å²) in [5.41, 5.74) is 0. The van der Waals surface area contributed by atoms with E-state index in [0.29, 0.717) is 0 Å². The number of halogens is 2. The van der Waals surface area contributed by atoms with Crippen LogP contribution in [-0.4, -0.2) is 46.1 Å². The van der Waals surface area contributed by atoms with Crippen LogP contribution in [0.4, 0.5) is 0 Å². The summed E-state index contributed by atoms with van der Waals surface area (Å²) in [5.74, 6) is 4.64. The van der Waals surface area contributed by atoms with Crippen molar-refractivity contribution in [2.45, 2.75) is 0 Å². The first kappa shape index (κ1) is 22.8. The molecule has 0 aromatic carbocycles. The monoisotopic (exact) mass is 276 g/mol. The third-order valence-electron chi connectivity index (χ3n) is 0. The van der Waals surface area contributed by atoms with E-state index < -0.39 is 35.3 Å². The summed E-state index contributed by atoms with van der Waals surface area (Å²) < 4.78 is 8.89. The van der Waals surface area contributed by atoms with E-state index in [1.54, 1.807) is 0 Å². The quantitative estimate of drug-likeness (QED) is 0.427. The van der Waals surface area contributed by atoms with Crippen LogP contribution in [0.15, 0.2) is 0 Å². The Labute approximate surface area is 98.1 Å². The van der Waals surface area contributed by atoms with Gasteiger partial charge in [-0.15, -0.1) is 0 Å². The Hall–Kier alpha value is 3.26. The van der Waals surface area contributed by atoms with Crippen LogP contribution in [-0.2, 0) is 1.05 Å². The molecule has 1 nitrogen and oxygen atoms in total. The van der Waals surface area contributed by atoms with Gasteiger partial charge in [0.25, 0.3) is 0 Å². The van der Waals surface area contributed by atoms with Crippen LogP contribution in [0.1, 0.15) is 0 Å². The molecule has 0 aliphatic carbocycles. The van der Waals surface area contributed by atoms with Gasteiger partial charge >= 0.3 is 88.2 Å². The van der Waals surface area contributed by atoms with Crippen LogP contribution in [0.2, 0.25) is 0 Å². The molecule has 0 saturated heterocycles. The van der Waals surface area contributed by atoms with Gasteiger partial charge in [0, 0.05) is 0 Å². The van der Waals surface area contributed by atoms with Crippen LogP contribution in [0.3, 0.4) is 0 Å². The topological polar surface area (TPSA) is 17.1 Å². The second-order valence-corrected chi connectivity index (χ2v) is 1.72. The average molecular weight is 280 g/mol. The van der Waals surface area contributed by atoms with E-state index in [2.05, 4.69) is 5.80 Å². The Morgan fingerprint density at radius 2 is 1.33 bits per heavy atom. The molecule has 6 heteroatoms. The second-order valence-electron chi connectivity index (χ2n) is 0.0772. The summed E-state index contributed by atoms with van der Waals surface area (Å²) in [7, 11) is 0. The van der Waals surface area contributed by atoms with Crippen molar-refractivity contribution in [2.24, 2.45) is 0 Å². The molecule has 0 amide bonds. The van der Waals surface area contributed by atoms with Gasteiger partial charge in [-0.2, -0.15) is 0 Å². The van der Waals surface area contributed by atoms with Gasteiger partial charge in [0.1, 0.15) is 0 Å². The number of hydrogen-bond donors (Lipinski definition) is 0. The van der Waals surface area contributed by atoms with Crippen molar-refractivity contribution in [1.82, 2.24) is 0 Å². The van der Waals surface area contributed by atoms with Crippen LogP contribution in [0.5, 0.6) is 0 Å². The van der Waals surface area contributed by atoms with Gasteiger partial charge in [-0.1, -0.05) is 0 Å². The Bertz CT molecular complexity index is 19.0. The van der Waals surface area contributed by atoms with Crippen molar-refractivity contribution in [3.63, 3.8) is 0 Å². The zero-order chi connectivity index (χ0) is 2.71. The van der Waals surface area contributed by atoms with Crippen molar-refractivity contribution >= 4 is 51.9 Å². The molecule has 0 heterocycles. The molecule has 0 aliphatic heterocycles. The number of rotatable bonds is 0. The van der Waals surface area contributed by atoms with Crippen molar-refractivity contribution in [2.75, 3.05) is 0 Å². The predicted octanol–water partition coefficient (Wildman–Crippen LogP) is -3.19. The summed E-state index contributed by atoms with van der Waals surface area (Å²) in [6.45, 7) is 0. The summed E-state index contributed by atoms with van der Waals surface area (Å²) in [6.07, 6.45) is 0. The van der Waals surface area contributed by atoms with Gasteiger partial charge in [0.05, 0.1) is 0 Å². The summed E-state index contributed by atoms with van der Waals surface area (Å²) in [6, 6.07) is 0. The molecular weight excluding hydrogens is 280 g/mol. The molecular formula is Cl2Mg2NdO. The molecule has 0 aliphatic rings. The molecule has 6 heavy (non-hydrogen) atoms. The van der Waals surface area contributed by atoms with Gasteiger partial charge in [-0.25, -0.2) is 0 Å². The van der Waals surface area contributed by atoms with Crippen LogP contribution < -0.4 is 12.4 Å². The van der Waals surface area contributed by atoms with Crippen LogP contribution in [0.25, 0.3) is 0 Å². The van der Waals surface area contributed by atoms with Gasteiger partial charge in [-0.3, -0.25) is 0 Å². The Balaban J connectivity index is -0.00000000667. The van der Waals surface area contributed by atoms with E-state index in [9.17, 15) is 0 Å². The van der Waals surface area contributed by atoms with Crippen molar-refractivity contribution in [1.29, 1.82) is 0 Å². The van der Waals surface area contributed by atoms with E-state index >= 15 is 0 Å². The Morgan fingerprint density at radius 1 is 1.33 bits per heavy atom. The van der Waals surface area contributed by atoms with Gasteiger partial charge in [-0.05, 0) is 0 Å². The molecule has 0 saturated carbocycles. The zero-order valence-corrected chi connectivity index (χ0v) is 10.6. The van der Waals surface area contributed by atoms with E-state index in [1.165, 1.54) is 0 Å². The molecule has 0 fully saturated rings. The Morgan fingerprint density at radius 3 is 1.33 bits per heavy atom. The fourth-order valence-electron chi connectivity index (χ4n) is 0. The molecule has 0 aromatic rings. The first-order valence-electron chi connectivity index (χ1n) is 0.393. The molecule has 0 atom stereocenters. The standard InChI is InChI=1S/2ClH.2Mg.Nd.O/h2*1H;;;;/q;;2*+2;-2;/p-2. The first-order chi connectivity index (χ1) is 1.41. The molecule has 0 unspecified atom stereocenters. The maximum atomic E-state index is 8.89. The molecule has 0 spiro atoms. The number of hydrogen-bond acceptors (Lipinski definition) is 1. The SMILES string of the molecule is [Cl-].[Mg+2].[Mg+2].[O]=[Nd-3][Cl]. The second kappa shape index (κ2) is 24.0. The third kappa shape index (κ3) is 26.8. The van der Waals surface area contributed by atoms with Crippen molar-refractivity contribution in [3.05, 3.63) is 0 Å². The van der Waals surface area contributed by atoms with Gasteiger partial charge < -0.3 is 12.4 Å². The van der Waals surface area contributed by atoms with Gasteiger partial charge in [0.15, 0.2) is 0 Å². The van der Waals surface area contributed by atoms with Gasteiger partial charge in [0.2, 0.25) is 0 Å². The van der Waals surface area contributed by atoms with E-state index in [-0.39, 0.29) is 58.5 Å². The van der Waals surface area contributed by atoms with Crippen LogP contribution in [0, 0.1) is 35.3 Å². The molecule has 0 radical (unpaired) electrons. The van der Waals surface area contributed by atoms with Crippen molar-refractivity contribution < 1.29 is 48.7 Å². The average Bonchev–Trinajstić information content (AvgIpc) is 0.918. The van der Waals surface area contributed by atoms with E-state index in [1.807, 2.05) is 0 Å². The summed E-state index contributed by atoms with van der Waals surface area (Å²) in [5, 5.41) is 0. The Kier molecular flexibility index (Phi) is 91.3. The minimum absolute atomic E-state index is 0. The first-order valence-corrected chi connectivity index (χ1v) is 5.72.